The van der Waals surface area contributed by atoms with Crippen LogP contribution in [-0.4, -0.2) is 31.8 Å². The first-order valence-corrected chi connectivity index (χ1v) is 8.68. The number of aromatic hydroxyl groups is 1. The number of rotatable bonds is 5. The summed E-state index contributed by atoms with van der Waals surface area (Å²) in [5.74, 6) is 0.464. The van der Waals surface area contributed by atoms with Gasteiger partial charge in [0.25, 0.3) is 5.91 Å². The Labute approximate surface area is 161 Å². The Morgan fingerprint density at radius 1 is 1.11 bits per heavy atom. The van der Waals surface area contributed by atoms with Crippen LogP contribution < -0.4 is 5.43 Å². The molecular formula is C21H17N5O2. The number of hydrogen-bond acceptors (Lipinski definition) is 5. The van der Waals surface area contributed by atoms with Crippen LogP contribution in [-0.2, 0) is 11.3 Å². The number of hydrogen-bond donors (Lipinski definition) is 2. The van der Waals surface area contributed by atoms with Crippen molar-refractivity contribution in [2.75, 3.05) is 0 Å². The Hall–Kier alpha value is -4.00. The number of para-hydroxylation sites is 2. The maximum Gasteiger partial charge on any atom is 0.260 e. The van der Waals surface area contributed by atoms with Crippen molar-refractivity contribution in [3.8, 4) is 17.3 Å². The monoisotopic (exact) mass is 371 g/mol. The Morgan fingerprint density at radius 3 is 2.79 bits per heavy atom. The maximum atomic E-state index is 12.5. The molecule has 0 atom stereocenters. The van der Waals surface area contributed by atoms with E-state index in [1.165, 1.54) is 6.21 Å². The maximum absolute atomic E-state index is 12.5. The van der Waals surface area contributed by atoms with E-state index in [1.54, 1.807) is 30.5 Å². The Kier molecular flexibility index (Phi) is 4.79. The largest absolute Gasteiger partial charge is 0.508 e. The lowest BCUT2D eigenvalue weighted by Crippen LogP contribution is -2.23. The average molecular weight is 371 g/mol. The van der Waals surface area contributed by atoms with E-state index in [2.05, 4.69) is 20.5 Å². The fraction of sp³-hybridized carbons (Fsp3) is 0.0476. The third-order valence-electron chi connectivity index (χ3n) is 4.12. The van der Waals surface area contributed by atoms with Crippen molar-refractivity contribution in [1.82, 2.24) is 20.0 Å². The van der Waals surface area contributed by atoms with E-state index in [9.17, 15) is 9.90 Å². The first-order valence-electron chi connectivity index (χ1n) is 8.68. The second kappa shape index (κ2) is 7.71. The SMILES string of the molecule is O=C(Cn1c(-c2ccccn2)nc2ccccc21)N/N=C/c1cccc(O)c1. The van der Waals surface area contributed by atoms with E-state index in [0.717, 1.165) is 11.0 Å². The second-order valence-electron chi connectivity index (χ2n) is 6.11. The van der Waals surface area contributed by atoms with Gasteiger partial charge in [-0.1, -0.05) is 30.3 Å². The number of amides is 1. The number of imidazole rings is 1. The normalized spacial score (nSPS) is 11.1. The van der Waals surface area contributed by atoms with Crippen molar-refractivity contribution in [3.63, 3.8) is 0 Å². The number of nitrogens with one attached hydrogen (secondary N) is 1. The van der Waals surface area contributed by atoms with Gasteiger partial charge in [0.15, 0.2) is 5.82 Å². The third kappa shape index (κ3) is 3.73. The molecule has 0 bridgehead atoms. The lowest BCUT2D eigenvalue weighted by molar-refractivity contribution is -0.121. The summed E-state index contributed by atoms with van der Waals surface area (Å²) in [6, 6.07) is 19.8. The van der Waals surface area contributed by atoms with Gasteiger partial charge in [-0.05, 0) is 42.0 Å². The molecule has 0 aliphatic rings. The first-order chi connectivity index (χ1) is 13.7. The molecule has 2 heterocycles. The minimum Gasteiger partial charge on any atom is -0.508 e. The van der Waals surface area contributed by atoms with Gasteiger partial charge in [0.2, 0.25) is 0 Å². The molecule has 7 heteroatoms. The molecule has 0 radical (unpaired) electrons. The summed E-state index contributed by atoms with van der Waals surface area (Å²) in [4.78, 5) is 21.4. The second-order valence-corrected chi connectivity index (χ2v) is 6.11. The highest BCUT2D eigenvalue weighted by molar-refractivity contribution is 5.85. The molecule has 138 valence electrons. The number of carbonyl (C=O) groups is 1. The van der Waals surface area contributed by atoms with Gasteiger partial charge >= 0.3 is 0 Å². The lowest BCUT2D eigenvalue weighted by Gasteiger charge is -2.07. The van der Waals surface area contributed by atoms with E-state index in [-0.39, 0.29) is 18.2 Å². The zero-order valence-corrected chi connectivity index (χ0v) is 14.9. The van der Waals surface area contributed by atoms with Gasteiger partial charge in [0, 0.05) is 6.20 Å². The fourth-order valence-corrected chi connectivity index (χ4v) is 2.89. The zero-order chi connectivity index (χ0) is 19.3. The summed E-state index contributed by atoms with van der Waals surface area (Å²) in [6.45, 7) is 0.0454. The van der Waals surface area contributed by atoms with E-state index < -0.39 is 0 Å². The number of carbonyl (C=O) groups excluding carboxylic acids is 1. The highest BCUT2D eigenvalue weighted by Crippen LogP contribution is 2.23. The van der Waals surface area contributed by atoms with Gasteiger partial charge in [0.1, 0.15) is 18.0 Å². The van der Waals surface area contributed by atoms with Gasteiger partial charge in [-0.2, -0.15) is 5.10 Å². The van der Waals surface area contributed by atoms with E-state index >= 15 is 0 Å². The van der Waals surface area contributed by atoms with Crippen molar-refractivity contribution in [1.29, 1.82) is 0 Å². The topological polar surface area (TPSA) is 92.4 Å². The summed E-state index contributed by atoms with van der Waals surface area (Å²) >= 11 is 0. The molecule has 0 saturated heterocycles. The third-order valence-corrected chi connectivity index (χ3v) is 4.12. The number of pyridine rings is 1. The van der Waals surface area contributed by atoms with Gasteiger partial charge in [-0.25, -0.2) is 10.4 Å². The van der Waals surface area contributed by atoms with Crippen LogP contribution in [0.2, 0.25) is 0 Å². The van der Waals surface area contributed by atoms with Crippen LogP contribution in [0.1, 0.15) is 5.56 Å². The Bertz CT molecular complexity index is 1150. The van der Waals surface area contributed by atoms with Gasteiger partial charge in [0.05, 0.1) is 17.2 Å². The number of phenols is 1. The van der Waals surface area contributed by atoms with Crippen molar-refractivity contribution < 1.29 is 9.90 Å². The molecule has 2 aromatic heterocycles. The van der Waals surface area contributed by atoms with Gasteiger partial charge in [-0.15, -0.1) is 0 Å². The Balaban J connectivity index is 1.57. The Morgan fingerprint density at radius 2 is 1.96 bits per heavy atom. The van der Waals surface area contributed by atoms with Crippen LogP contribution in [0.3, 0.4) is 0 Å². The lowest BCUT2D eigenvalue weighted by atomic mass is 10.2. The molecule has 0 saturated carbocycles. The molecule has 1 amide bonds. The first kappa shape index (κ1) is 17.4. The van der Waals surface area contributed by atoms with E-state index in [4.69, 9.17) is 0 Å². The summed E-state index contributed by atoms with van der Waals surface area (Å²) in [5, 5.41) is 13.4. The molecule has 28 heavy (non-hydrogen) atoms. The molecule has 0 spiro atoms. The van der Waals surface area contributed by atoms with Crippen LogP contribution in [0, 0.1) is 0 Å². The van der Waals surface area contributed by atoms with Crippen LogP contribution in [0.25, 0.3) is 22.6 Å². The van der Waals surface area contributed by atoms with Crippen molar-refractivity contribution >= 4 is 23.2 Å². The standard InChI is InChI=1S/C21H17N5O2/c27-16-7-5-6-15(12-16)13-23-25-20(28)14-26-19-10-2-1-8-17(19)24-21(26)18-9-3-4-11-22-18/h1-13,27H,14H2,(H,25,28)/b23-13+. The van der Waals surface area contributed by atoms with E-state index in [1.807, 2.05) is 47.0 Å². The predicted molar refractivity (Wildman–Crippen MR) is 107 cm³/mol. The highest BCUT2D eigenvalue weighted by Gasteiger charge is 2.15. The fourth-order valence-electron chi connectivity index (χ4n) is 2.89. The van der Waals surface area contributed by atoms with Crippen LogP contribution in [0.5, 0.6) is 5.75 Å². The summed E-state index contributed by atoms with van der Waals surface area (Å²) in [5.41, 5.74) is 5.52. The van der Waals surface area contributed by atoms with Crippen LogP contribution in [0.15, 0.2) is 78.0 Å². The molecule has 7 nitrogen and oxygen atoms in total. The molecule has 2 N–H and O–H groups in total. The predicted octanol–water partition coefficient (Wildman–Crippen LogP) is 2.95. The number of fused-ring (bicyclic) bond motifs is 1. The van der Waals surface area contributed by atoms with Gasteiger partial charge in [-0.3, -0.25) is 9.78 Å². The van der Waals surface area contributed by atoms with Crippen molar-refractivity contribution in [2.45, 2.75) is 6.54 Å². The minimum atomic E-state index is -0.295. The summed E-state index contributed by atoms with van der Waals surface area (Å²) in [6.07, 6.45) is 3.17. The number of hydrazone groups is 1. The molecule has 2 aromatic carbocycles. The number of aromatic nitrogens is 3. The molecule has 0 fully saturated rings. The average Bonchev–Trinajstić information content (AvgIpc) is 3.07. The smallest absolute Gasteiger partial charge is 0.260 e. The number of phenolic OH excluding ortho intramolecular Hbond substituents is 1. The van der Waals surface area contributed by atoms with Crippen molar-refractivity contribution in [2.24, 2.45) is 5.10 Å². The molecule has 0 aliphatic carbocycles. The minimum absolute atomic E-state index is 0.0454. The molecule has 0 aliphatic heterocycles. The van der Waals surface area contributed by atoms with Crippen molar-refractivity contribution in [3.05, 3.63) is 78.5 Å². The zero-order valence-electron chi connectivity index (χ0n) is 14.9. The van der Waals surface area contributed by atoms with Gasteiger partial charge < -0.3 is 9.67 Å². The number of benzene rings is 2. The molecule has 4 aromatic rings. The molecule has 4 rings (SSSR count). The van der Waals surface area contributed by atoms with E-state index in [0.29, 0.717) is 17.1 Å². The highest BCUT2D eigenvalue weighted by atomic mass is 16.3. The van der Waals surface area contributed by atoms with Crippen LogP contribution >= 0.6 is 0 Å². The summed E-state index contributed by atoms with van der Waals surface area (Å²) in [7, 11) is 0. The molecule has 0 unspecified atom stereocenters. The van der Waals surface area contributed by atoms with Crippen LogP contribution in [0.4, 0.5) is 0 Å². The quantitative estimate of drug-likeness (QED) is 0.417. The summed E-state index contributed by atoms with van der Waals surface area (Å²) < 4.78 is 1.82. The number of nitrogens with zero attached hydrogens (tertiary/aromatic N) is 4. The molecular weight excluding hydrogens is 354 g/mol.